The van der Waals surface area contributed by atoms with Gasteiger partial charge in [-0.05, 0) is 37.8 Å². The normalized spacial score (nSPS) is 13.9. The zero-order valence-corrected chi connectivity index (χ0v) is 13.2. The minimum absolute atomic E-state index is 0.0832. The molecule has 0 saturated carbocycles. The Hall–Kier alpha value is -2.41. The first-order valence-electron chi connectivity index (χ1n) is 7.57. The van der Waals surface area contributed by atoms with Crippen molar-refractivity contribution in [2.75, 3.05) is 5.32 Å². The number of nitrogens with one attached hydrogen (secondary N) is 1. The number of amides is 1. The van der Waals surface area contributed by atoms with E-state index >= 15 is 0 Å². The summed E-state index contributed by atoms with van der Waals surface area (Å²) in [6.07, 6.45) is 4.35. The lowest BCUT2D eigenvalue weighted by atomic mass is 10.0. The smallest absolute Gasteiger partial charge is 0.408 e. The maximum Gasteiger partial charge on any atom is 0.420 e. The molecule has 0 atom stereocenters. The number of carbonyl (C=O) groups is 1. The van der Waals surface area contributed by atoms with Crippen molar-refractivity contribution >= 4 is 33.5 Å². The minimum Gasteiger partial charge on any atom is -0.408 e. The van der Waals surface area contributed by atoms with Gasteiger partial charge in [-0.3, -0.25) is 9.36 Å². The summed E-state index contributed by atoms with van der Waals surface area (Å²) in [4.78, 5) is 29.9. The van der Waals surface area contributed by atoms with Crippen LogP contribution in [0.5, 0.6) is 0 Å². The molecule has 1 aliphatic carbocycles. The second-order valence-electron chi connectivity index (χ2n) is 5.57. The number of nitrogens with zero attached hydrogens (tertiary/aromatic N) is 2. The van der Waals surface area contributed by atoms with E-state index in [2.05, 4.69) is 10.3 Å². The predicted octanol–water partition coefficient (Wildman–Crippen LogP) is 2.57. The average molecular weight is 329 g/mol. The number of hydrogen-bond acceptors (Lipinski definition) is 5. The lowest BCUT2D eigenvalue weighted by Gasteiger charge is -2.06. The van der Waals surface area contributed by atoms with E-state index in [0.717, 1.165) is 25.0 Å². The van der Waals surface area contributed by atoms with Crippen LogP contribution in [-0.4, -0.2) is 15.5 Å². The summed E-state index contributed by atoms with van der Waals surface area (Å²) >= 11 is 1.53. The van der Waals surface area contributed by atoms with Crippen LogP contribution in [0, 0.1) is 0 Å². The lowest BCUT2D eigenvalue weighted by Crippen LogP contribution is -2.24. The zero-order valence-electron chi connectivity index (χ0n) is 12.4. The molecule has 0 aliphatic heterocycles. The van der Waals surface area contributed by atoms with E-state index in [4.69, 9.17) is 4.42 Å². The van der Waals surface area contributed by atoms with E-state index in [1.165, 1.54) is 27.2 Å². The molecule has 23 heavy (non-hydrogen) atoms. The van der Waals surface area contributed by atoms with Crippen LogP contribution in [0.2, 0.25) is 0 Å². The van der Waals surface area contributed by atoms with Gasteiger partial charge in [0.25, 0.3) is 0 Å². The summed E-state index contributed by atoms with van der Waals surface area (Å²) in [6.45, 7) is -0.0832. The van der Waals surface area contributed by atoms with Crippen molar-refractivity contribution in [2.45, 2.75) is 32.2 Å². The first-order chi connectivity index (χ1) is 11.2. The molecule has 2 aromatic heterocycles. The number of rotatable bonds is 3. The van der Waals surface area contributed by atoms with E-state index in [1.54, 1.807) is 24.3 Å². The standard InChI is InChI=1S/C16H15N3O3S/c20-14(18-15-17-10-5-1-4-8-13(10)23-15)9-19-11-6-2-3-7-12(11)22-16(19)21/h2-3,6-7H,1,4-5,8-9H2,(H,17,18,20). The minimum atomic E-state index is -0.528. The van der Waals surface area contributed by atoms with Gasteiger partial charge in [-0.15, -0.1) is 11.3 Å². The number of carbonyl (C=O) groups excluding carboxylic acids is 1. The first-order valence-corrected chi connectivity index (χ1v) is 8.39. The molecule has 0 saturated heterocycles. The number of thiazole rings is 1. The van der Waals surface area contributed by atoms with Gasteiger partial charge in [0.05, 0.1) is 11.2 Å². The molecule has 1 amide bonds. The number of para-hydroxylation sites is 2. The van der Waals surface area contributed by atoms with E-state index < -0.39 is 5.76 Å². The molecule has 1 aliphatic rings. The van der Waals surface area contributed by atoms with Gasteiger partial charge >= 0.3 is 5.76 Å². The number of fused-ring (bicyclic) bond motifs is 2. The summed E-state index contributed by atoms with van der Waals surface area (Å²) < 4.78 is 6.46. The van der Waals surface area contributed by atoms with Crippen molar-refractivity contribution in [3.63, 3.8) is 0 Å². The number of aromatic nitrogens is 2. The van der Waals surface area contributed by atoms with Crippen molar-refractivity contribution in [1.82, 2.24) is 9.55 Å². The van der Waals surface area contributed by atoms with Crippen LogP contribution >= 0.6 is 11.3 Å². The molecule has 0 spiro atoms. The van der Waals surface area contributed by atoms with Crippen LogP contribution < -0.4 is 11.1 Å². The fourth-order valence-electron chi connectivity index (χ4n) is 2.87. The molecular formula is C16H15N3O3S. The second-order valence-corrected chi connectivity index (χ2v) is 6.65. The molecule has 1 N–H and O–H groups in total. The molecule has 3 aromatic rings. The number of anilines is 1. The number of benzene rings is 1. The summed E-state index contributed by atoms with van der Waals surface area (Å²) in [6, 6.07) is 7.06. The molecular weight excluding hydrogens is 314 g/mol. The Morgan fingerprint density at radius 1 is 1.30 bits per heavy atom. The van der Waals surface area contributed by atoms with E-state index in [-0.39, 0.29) is 12.5 Å². The van der Waals surface area contributed by atoms with E-state index in [1.807, 2.05) is 0 Å². The number of aryl methyl sites for hydroxylation is 2. The van der Waals surface area contributed by atoms with E-state index in [0.29, 0.717) is 16.2 Å². The molecule has 7 heteroatoms. The van der Waals surface area contributed by atoms with Gasteiger partial charge in [-0.25, -0.2) is 9.78 Å². The summed E-state index contributed by atoms with van der Waals surface area (Å²) in [7, 11) is 0. The molecule has 0 radical (unpaired) electrons. The largest absolute Gasteiger partial charge is 0.420 e. The highest BCUT2D eigenvalue weighted by Crippen LogP contribution is 2.29. The molecule has 0 fully saturated rings. The maximum atomic E-state index is 12.2. The Labute approximate surface area is 135 Å². The number of hydrogen-bond donors (Lipinski definition) is 1. The molecule has 1 aromatic carbocycles. The van der Waals surface area contributed by atoms with Gasteiger partial charge in [-0.1, -0.05) is 12.1 Å². The Morgan fingerprint density at radius 3 is 3.00 bits per heavy atom. The highest BCUT2D eigenvalue weighted by molar-refractivity contribution is 7.15. The third kappa shape index (κ3) is 2.68. The fourth-order valence-corrected chi connectivity index (χ4v) is 3.94. The van der Waals surface area contributed by atoms with Crippen molar-refractivity contribution in [2.24, 2.45) is 0 Å². The lowest BCUT2D eigenvalue weighted by molar-refractivity contribution is -0.116. The van der Waals surface area contributed by atoms with Crippen LogP contribution in [-0.2, 0) is 24.2 Å². The summed E-state index contributed by atoms with van der Waals surface area (Å²) in [5.41, 5.74) is 2.20. The maximum absolute atomic E-state index is 12.2. The summed E-state index contributed by atoms with van der Waals surface area (Å²) in [5.74, 6) is -0.801. The van der Waals surface area contributed by atoms with Gasteiger partial charge in [0.1, 0.15) is 6.54 Å². The third-order valence-corrected chi connectivity index (χ3v) is 5.04. The van der Waals surface area contributed by atoms with Gasteiger partial charge in [0.15, 0.2) is 10.7 Å². The second kappa shape index (κ2) is 5.66. The van der Waals surface area contributed by atoms with E-state index in [9.17, 15) is 9.59 Å². The highest BCUT2D eigenvalue weighted by atomic mass is 32.1. The fraction of sp³-hybridized carbons (Fsp3) is 0.312. The highest BCUT2D eigenvalue weighted by Gasteiger charge is 2.17. The molecule has 0 bridgehead atoms. The SMILES string of the molecule is O=C(Cn1c(=O)oc2ccccc21)Nc1nc2c(s1)CCCC2. The summed E-state index contributed by atoms with van der Waals surface area (Å²) in [5, 5.41) is 3.41. The predicted molar refractivity (Wildman–Crippen MR) is 87.9 cm³/mol. The van der Waals surface area contributed by atoms with Crippen molar-refractivity contribution < 1.29 is 9.21 Å². The third-order valence-electron chi connectivity index (χ3n) is 3.97. The van der Waals surface area contributed by atoms with Crippen LogP contribution in [0.1, 0.15) is 23.4 Å². The molecule has 6 nitrogen and oxygen atoms in total. The molecule has 118 valence electrons. The van der Waals surface area contributed by atoms with Crippen LogP contribution in [0.15, 0.2) is 33.5 Å². The Kier molecular flexibility index (Phi) is 3.49. The Morgan fingerprint density at radius 2 is 2.13 bits per heavy atom. The topological polar surface area (TPSA) is 77.1 Å². The van der Waals surface area contributed by atoms with Crippen molar-refractivity contribution in [3.05, 3.63) is 45.4 Å². The van der Waals surface area contributed by atoms with Crippen LogP contribution in [0.4, 0.5) is 5.13 Å². The quantitative estimate of drug-likeness (QED) is 0.801. The van der Waals surface area contributed by atoms with Gasteiger partial charge in [0.2, 0.25) is 5.91 Å². The average Bonchev–Trinajstić information content (AvgIpc) is 3.08. The monoisotopic (exact) mass is 329 g/mol. The molecule has 2 heterocycles. The zero-order chi connectivity index (χ0) is 15.8. The van der Waals surface area contributed by atoms with Gasteiger partial charge < -0.3 is 9.73 Å². The van der Waals surface area contributed by atoms with Crippen LogP contribution in [0.3, 0.4) is 0 Å². The Bertz CT molecular complexity index is 914. The Balaban J connectivity index is 1.54. The van der Waals surface area contributed by atoms with Crippen LogP contribution in [0.25, 0.3) is 11.1 Å². The first kappa shape index (κ1) is 14.2. The molecule has 4 rings (SSSR count). The van der Waals surface area contributed by atoms with Gasteiger partial charge in [0, 0.05) is 4.88 Å². The molecule has 0 unspecified atom stereocenters. The van der Waals surface area contributed by atoms with Gasteiger partial charge in [-0.2, -0.15) is 0 Å². The number of oxazole rings is 1. The van der Waals surface area contributed by atoms with Crippen molar-refractivity contribution in [3.8, 4) is 0 Å². The van der Waals surface area contributed by atoms with Crippen molar-refractivity contribution in [1.29, 1.82) is 0 Å².